The first kappa shape index (κ1) is 15.2. The molecule has 0 radical (unpaired) electrons. The molecule has 4 nitrogen and oxygen atoms in total. The Labute approximate surface area is 114 Å². The molecule has 0 bridgehead atoms. The number of hydrogen-bond donors (Lipinski definition) is 1. The second-order valence-electron chi connectivity index (χ2n) is 5.45. The molecule has 104 valence electrons. The third-order valence-corrected chi connectivity index (χ3v) is 3.48. The number of likely N-dealkylation sites (N-methyl/N-ethyl adjacent to an activating group) is 1. The Morgan fingerprint density at radius 1 is 1.26 bits per heavy atom. The fraction of sp³-hybridized carbons (Fsp3) is 0.467. The van der Waals surface area contributed by atoms with E-state index in [0.717, 1.165) is 5.56 Å². The minimum atomic E-state index is -0.992. The molecule has 0 heterocycles. The van der Waals surface area contributed by atoms with Crippen molar-refractivity contribution in [3.05, 3.63) is 35.9 Å². The molecule has 1 aromatic carbocycles. The van der Waals surface area contributed by atoms with E-state index in [1.54, 1.807) is 0 Å². The molecule has 0 aromatic heterocycles. The summed E-state index contributed by atoms with van der Waals surface area (Å²) < 4.78 is 0. The van der Waals surface area contributed by atoms with Gasteiger partial charge in [0.05, 0.1) is 0 Å². The maximum absolute atomic E-state index is 12.1. The van der Waals surface area contributed by atoms with Gasteiger partial charge >= 0.3 is 5.97 Å². The van der Waals surface area contributed by atoms with E-state index in [1.807, 2.05) is 44.2 Å². The van der Waals surface area contributed by atoms with Crippen LogP contribution >= 0.6 is 0 Å². The predicted octanol–water partition coefficient (Wildman–Crippen LogP) is 2.29. The molecule has 1 unspecified atom stereocenters. The van der Waals surface area contributed by atoms with Crippen LogP contribution in [0.1, 0.15) is 32.8 Å². The summed E-state index contributed by atoms with van der Waals surface area (Å²) in [6.45, 7) is 5.48. The van der Waals surface area contributed by atoms with Crippen LogP contribution in [0.2, 0.25) is 0 Å². The highest BCUT2D eigenvalue weighted by molar-refractivity contribution is 5.83. The lowest BCUT2D eigenvalue weighted by atomic mass is 9.81. The summed E-state index contributed by atoms with van der Waals surface area (Å²) in [5.74, 6) is -1.16. The molecular weight excluding hydrogens is 242 g/mol. The van der Waals surface area contributed by atoms with Crippen LogP contribution in [0.3, 0.4) is 0 Å². The Hall–Kier alpha value is -1.84. The largest absolute Gasteiger partial charge is 0.480 e. The van der Waals surface area contributed by atoms with Gasteiger partial charge in [-0.15, -0.1) is 0 Å². The molecule has 0 aliphatic rings. The summed E-state index contributed by atoms with van der Waals surface area (Å²) in [5.41, 5.74) is 0.755. The van der Waals surface area contributed by atoms with Crippen LogP contribution in [0, 0.1) is 0 Å². The fourth-order valence-electron chi connectivity index (χ4n) is 1.88. The summed E-state index contributed by atoms with van der Waals surface area (Å²) in [5, 5.41) is 8.92. The zero-order valence-electron chi connectivity index (χ0n) is 11.9. The third kappa shape index (κ3) is 3.81. The Kier molecular flexibility index (Phi) is 4.70. The van der Waals surface area contributed by atoms with Crippen molar-refractivity contribution in [2.75, 3.05) is 7.05 Å². The van der Waals surface area contributed by atoms with Gasteiger partial charge in [-0.05, 0) is 17.9 Å². The highest BCUT2D eigenvalue weighted by atomic mass is 16.4. The number of carboxylic acid groups (broad SMARTS) is 1. The van der Waals surface area contributed by atoms with Crippen molar-refractivity contribution >= 4 is 11.9 Å². The van der Waals surface area contributed by atoms with E-state index in [1.165, 1.54) is 18.9 Å². The lowest BCUT2D eigenvalue weighted by Gasteiger charge is -2.29. The molecule has 0 aliphatic carbocycles. The standard InChI is InChI=1S/C15H21NO3/c1-11(14(18)19)16(4)13(17)10-15(2,3)12-8-6-5-7-9-12/h5-9,11H,10H2,1-4H3,(H,18,19). The summed E-state index contributed by atoms with van der Waals surface area (Å²) in [7, 11) is 1.53. The van der Waals surface area contributed by atoms with Gasteiger partial charge in [0.15, 0.2) is 0 Å². The molecule has 0 saturated heterocycles. The van der Waals surface area contributed by atoms with E-state index in [2.05, 4.69) is 0 Å². The number of amides is 1. The maximum Gasteiger partial charge on any atom is 0.326 e. The molecule has 0 spiro atoms. The second-order valence-corrected chi connectivity index (χ2v) is 5.45. The SMILES string of the molecule is CC(C(=O)O)N(C)C(=O)CC(C)(C)c1ccccc1. The molecule has 1 aromatic rings. The molecule has 0 saturated carbocycles. The van der Waals surface area contributed by atoms with E-state index in [4.69, 9.17) is 5.11 Å². The zero-order valence-corrected chi connectivity index (χ0v) is 11.9. The van der Waals surface area contributed by atoms with E-state index in [9.17, 15) is 9.59 Å². The molecule has 1 atom stereocenters. The van der Waals surface area contributed by atoms with Crippen molar-refractivity contribution in [1.82, 2.24) is 4.90 Å². The van der Waals surface area contributed by atoms with Gasteiger partial charge in [0.2, 0.25) is 5.91 Å². The molecule has 0 aliphatic heterocycles. The van der Waals surface area contributed by atoms with Gasteiger partial charge in [0, 0.05) is 13.5 Å². The predicted molar refractivity (Wildman–Crippen MR) is 74.0 cm³/mol. The number of carboxylic acids is 1. The molecule has 19 heavy (non-hydrogen) atoms. The zero-order chi connectivity index (χ0) is 14.6. The van der Waals surface area contributed by atoms with Crippen LogP contribution < -0.4 is 0 Å². The average Bonchev–Trinajstić information content (AvgIpc) is 2.37. The first-order chi connectivity index (χ1) is 8.75. The lowest BCUT2D eigenvalue weighted by molar-refractivity contribution is -0.148. The number of rotatable bonds is 5. The fourth-order valence-corrected chi connectivity index (χ4v) is 1.88. The van der Waals surface area contributed by atoms with Crippen LogP contribution in [0.25, 0.3) is 0 Å². The van der Waals surface area contributed by atoms with Gasteiger partial charge in [0.25, 0.3) is 0 Å². The smallest absolute Gasteiger partial charge is 0.326 e. The summed E-state index contributed by atoms with van der Waals surface area (Å²) in [6, 6.07) is 8.96. The molecular formula is C15H21NO3. The Morgan fingerprint density at radius 2 is 1.79 bits per heavy atom. The number of carbonyl (C=O) groups excluding carboxylic acids is 1. The van der Waals surface area contributed by atoms with Crippen LogP contribution in [0.15, 0.2) is 30.3 Å². The normalized spacial score (nSPS) is 12.8. The molecule has 1 rings (SSSR count). The quantitative estimate of drug-likeness (QED) is 0.886. The van der Waals surface area contributed by atoms with Crippen molar-refractivity contribution in [2.45, 2.75) is 38.6 Å². The van der Waals surface area contributed by atoms with Crippen molar-refractivity contribution in [2.24, 2.45) is 0 Å². The maximum atomic E-state index is 12.1. The highest BCUT2D eigenvalue weighted by Crippen LogP contribution is 2.27. The van der Waals surface area contributed by atoms with Gasteiger partial charge in [-0.1, -0.05) is 44.2 Å². The van der Waals surface area contributed by atoms with Crippen molar-refractivity contribution in [3.63, 3.8) is 0 Å². The van der Waals surface area contributed by atoms with E-state index in [-0.39, 0.29) is 17.7 Å². The number of nitrogens with zero attached hydrogens (tertiary/aromatic N) is 1. The van der Waals surface area contributed by atoms with Crippen LogP contribution in [-0.4, -0.2) is 35.0 Å². The molecule has 0 fully saturated rings. The van der Waals surface area contributed by atoms with Crippen molar-refractivity contribution < 1.29 is 14.7 Å². The number of aliphatic carboxylic acids is 1. The van der Waals surface area contributed by atoms with Gasteiger partial charge in [0.1, 0.15) is 6.04 Å². The summed E-state index contributed by atoms with van der Waals surface area (Å²) in [4.78, 5) is 24.3. The lowest BCUT2D eigenvalue weighted by Crippen LogP contribution is -2.42. The van der Waals surface area contributed by atoms with Crippen LogP contribution in [0.4, 0.5) is 0 Å². The first-order valence-corrected chi connectivity index (χ1v) is 6.29. The van der Waals surface area contributed by atoms with Crippen LogP contribution in [0.5, 0.6) is 0 Å². The topological polar surface area (TPSA) is 57.6 Å². The number of carbonyl (C=O) groups is 2. The number of hydrogen-bond acceptors (Lipinski definition) is 2. The second kappa shape index (κ2) is 5.87. The minimum Gasteiger partial charge on any atom is -0.480 e. The average molecular weight is 263 g/mol. The Balaban J connectivity index is 2.79. The third-order valence-electron chi connectivity index (χ3n) is 3.48. The molecule has 4 heteroatoms. The number of benzene rings is 1. The summed E-state index contributed by atoms with van der Waals surface area (Å²) >= 11 is 0. The Morgan fingerprint density at radius 3 is 2.26 bits per heavy atom. The highest BCUT2D eigenvalue weighted by Gasteiger charge is 2.29. The van der Waals surface area contributed by atoms with E-state index in [0.29, 0.717) is 0 Å². The molecule has 1 N–H and O–H groups in total. The van der Waals surface area contributed by atoms with E-state index < -0.39 is 12.0 Å². The first-order valence-electron chi connectivity index (χ1n) is 6.29. The monoisotopic (exact) mass is 263 g/mol. The van der Waals surface area contributed by atoms with Crippen molar-refractivity contribution in [3.8, 4) is 0 Å². The van der Waals surface area contributed by atoms with E-state index >= 15 is 0 Å². The Bertz CT molecular complexity index is 454. The minimum absolute atomic E-state index is 0.163. The van der Waals surface area contributed by atoms with Gasteiger partial charge in [-0.25, -0.2) is 4.79 Å². The van der Waals surface area contributed by atoms with Gasteiger partial charge < -0.3 is 10.0 Å². The van der Waals surface area contributed by atoms with Crippen LogP contribution in [-0.2, 0) is 15.0 Å². The van der Waals surface area contributed by atoms with Gasteiger partial charge in [-0.2, -0.15) is 0 Å². The molecule has 1 amide bonds. The van der Waals surface area contributed by atoms with Gasteiger partial charge in [-0.3, -0.25) is 4.79 Å². The summed E-state index contributed by atoms with van der Waals surface area (Å²) in [6.07, 6.45) is 0.283. The van der Waals surface area contributed by atoms with Crippen molar-refractivity contribution in [1.29, 1.82) is 0 Å².